The number of carbonyl (C=O) groups is 2. The fraction of sp³-hybridized carbons (Fsp3) is 0.444. The van der Waals surface area contributed by atoms with Crippen LogP contribution in [0.5, 0.6) is 0 Å². The Hall–Kier alpha value is -2.10. The summed E-state index contributed by atoms with van der Waals surface area (Å²) >= 11 is 0. The van der Waals surface area contributed by atoms with Crippen LogP contribution in [0, 0.1) is 0 Å². The first-order chi connectivity index (χ1) is 10.6. The second-order valence-electron chi connectivity index (χ2n) is 4.81. The van der Waals surface area contributed by atoms with Crippen molar-refractivity contribution >= 4 is 11.9 Å². The van der Waals surface area contributed by atoms with Crippen molar-refractivity contribution in [3.63, 3.8) is 0 Å². The minimum Gasteiger partial charge on any atom is -0.478 e. The number of hydrogen-bond donors (Lipinski definition) is 1. The third-order valence-electron chi connectivity index (χ3n) is 2.93. The Kier molecular flexibility index (Phi) is 12.5. The van der Waals surface area contributed by atoms with Crippen LogP contribution in [0.1, 0.15) is 55.8 Å². The molecular weight excluding hydrogens is 280 g/mol. The van der Waals surface area contributed by atoms with Gasteiger partial charge < -0.3 is 9.84 Å². The SMILES string of the molecule is C=CC(=O)OCCCCCCCC.O=C(O)c1ccccc1. The summed E-state index contributed by atoms with van der Waals surface area (Å²) in [7, 11) is 0. The smallest absolute Gasteiger partial charge is 0.335 e. The Bertz CT molecular complexity index is 426. The number of benzene rings is 1. The van der Waals surface area contributed by atoms with Crippen molar-refractivity contribution in [2.45, 2.75) is 45.4 Å². The number of carboxylic acid groups (broad SMARTS) is 1. The summed E-state index contributed by atoms with van der Waals surface area (Å²) in [4.78, 5) is 20.8. The number of hydrogen-bond acceptors (Lipinski definition) is 3. The summed E-state index contributed by atoms with van der Waals surface area (Å²) in [5, 5.41) is 8.38. The predicted octanol–water partition coefficient (Wildman–Crippen LogP) is 4.46. The Morgan fingerprint density at radius 2 is 1.68 bits per heavy atom. The highest BCUT2D eigenvalue weighted by Crippen LogP contribution is 2.04. The van der Waals surface area contributed by atoms with Gasteiger partial charge in [-0.15, -0.1) is 0 Å². The van der Waals surface area contributed by atoms with E-state index < -0.39 is 5.97 Å². The lowest BCUT2D eigenvalue weighted by molar-refractivity contribution is -0.137. The van der Waals surface area contributed by atoms with Crippen molar-refractivity contribution in [3.05, 3.63) is 48.6 Å². The second-order valence-corrected chi connectivity index (χ2v) is 4.81. The van der Waals surface area contributed by atoms with E-state index in [0.29, 0.717) is 12.2 Å². The average molecular weight is 306 g/mol. The van der Waals surface area contributed by atoms with Crippen molar-refractivity contribution in [3.8, 4) is 0 Å². The molecule has 1 aromatic carbocycles. The van der Waals surface area contributed by atoms with Gasteiger partial charge in [-0.3, -0.25) is 0 Å². The van der Waals surface area contributed by atoms with Gasteiger partial charge in [-0.25, -0.2) is 9.59 Å². The van der Waals surface area contributed by atoms with Crippen molar-refractivity contribution in [2.24, 2.45) is 0 Å². The molecule has 0 aromatic heterocycles. The normalized spacial score (nSPS) is 9.32. The molecule has 0 aliphatic heterocycles. The van der Waals surface area contributed by atoms with Crippen LogP contribution in [-0.4, -0.2) is 23.7 Å². The highest BCUT2D eigenvalue weighted by Gasteiger charge is 1.96. The van der Waals surface area contributed by atoms with Gasteiger partial charge in [0.05, 0.1) is 12.2 Å². The van der Waals surface area contributed by atoms with Gasteiger partial charge in [-0.05, 0) is 18.6 Å². The van der Waals surface area contributed by atoms with Crippen molar-refractivity contribution in [1.82, 2.24) is 0 Å². The van der Waals surface area contributed by atoms with Crippen LogP contribution in [-0.2, 0) is 9.53 Å². The molecule has 0 radical (unpaired) electrons. The molecule has 0 bridgehead atoms. The molecule has 0 heterocycles. The minimum atomic E-state index is -0.879. The molecule has 0 aliphatic carbocycles. The number of carbonyl (C=O) groups excluding carboxylic acids is 1. The van der Waals surface area contributed by atoms with Gasteiger partial charge in [-0.2, -0.15) is 0 Å². The standard InChI is InChI=1S/C11H20O2.C7H6O2/c1-3-5-6-7-8-9-10-13-11(12)4-2;8-7(9)6-4-2-1-3-5-6/h4H,2-3,5-10H2,1H3;1-5H,(H,8,9). The lowest BCUT2D eigenvalue weighted by Crippen LogP contribution is -2.01. The average Bonchev–Trinajstić information content (AvgIpc) is 2.55. The van der Waals surface area contributed by atoms with E-state index in [0.717, 1.165) is 12.8 Å². The summed E-state index contributed by atoms with van der Waals surface area (Å²) in [5.74, 6) is -1.19. The van der Waals surface area contributed by atoms with Crippen LogP contribution in [0.15, 0.2) is 43.0 Å². The van der Waals surface area contributed by atoms with Gasteiger partial charge in [0.1, 0.15) is 0 Å². The van der Waals surface area contributed by atoms with Gasteiger partial charge >= 0.3 is 11.9 Å². The largest absolute Gasteiger partial charge is 0.478 e. The molecule has 4 nitrogen and oxygen atoms in total. The Morgan fingerprint density at radius 1 is 1.09 bits per heavy atom. The quantitative estimate of drug-likeness (QED) is 0.415. The van der Waals surface area contributed by atoms with Crippen LogP contribution in [0.2, 0.25) is 0 Å². The topological polar surface area (TPSA) is 63.6 Å². The van der Waals surface area contributed by atoms with Crippen LogP contribution in [0.4, 0.5) is 0 Å². The van der Waals surface area contributed by atoms with Crippen LogP contribution in [0.25, 0.3) is 0 Å². The van der Waals surface area contributed by atoms with E-state index >= 15 is 0 Å². The number of unbranched alkanes of at least 4 members (excludes halogenated alkanes) is 5. The van der Waals surface area contributed by atoms with E-state index in [9.17, 15) is 9.59 Å². The Labute approximate surface area is 132 Å². The van der Waals surface area contributed by atoms with E-state index in [4.69, 9.17) is 9.84 Å². The molecule has 0 saturated heterocycles. The number of esters is 1. The summed E-state index contributed by atoms with van der Waals surface area (Å²) in [6.45, 7) is 6.06. The molecule has 0 spiro atoms. The lowest BCUT2D eigenvalue weighted by atomic mass is 10.1. The van der Waals surface area contributed by atoms with Gasteiger partial charge in [0, 0.05) is 6.08 Å². The third kappa shape index (κ3) is 11.7. The van der Waals surface area contributed by atoms with Crippen LogP contribution in [0.3, 0.4) is 0 Å². The van der Waals surface area contributed by atoms with E-state index in [1.165, 1.54) is 31.8 Å². The highest BCUT2D eigenvalue weighted by atomic mass is 16.5. The van der Waals surface area contributed by atoms with Crippen LogP contribution >= 0.6 is 0 Å². The van der Waals surface area contributed by atoms with E-state index in [-0.39, 0.29) is 5.97 Å². The van der Waals surface area contributed by atoms with Crippen molar-refractivity contribution in [1.29, 1.82) is 0 Å². The predicted molar refractivity (Wildman–Crippen MR) is 87.9 cm³/mol. The van der Waals surface area contributed by atoms with Gasteiger partial charge in [-0.1, -0.05) is 63.8 Å². The summed E-state index contributed by atoms with van der Waals surface area (Å²) < 4.78 is 4.84. The van der Waals surface area contributed by atoms with E-state index in [1.807, 2.05) is 0 Å². The Balaban J connectivity index is 0.000000425. The zero-order valence-corrected chi connectivity index (χ0v) is 13.3. The van der Waals surface area contributed by atoms with Gasteiger partial charge in [0.2, 0.25) is 0 Å². The Morgan fingerprint density at radius 3 is 2.18 bits per heavy atom. The maximum absolute atomic E-state index is 10.6. The molecule has 1 rings (SSSR count). The first kappa shape index (κ1) is 19.9. The fourth-order valence-corrected chi connectivity index (χ4v) is 1.69. The van der Waals surface area contributed by atoms with E-state index in [1.54, 1.807) is 30.3 Å². The van der Waals surface area contributed by atoms with Gasteiger partial charge in [0.25, 0.3) is 0 Å². The number of carboxylic acids is 1. The molecule has 122 valence electrons. The second kappa shape index (κ2) is 13.9. The minimum absolute atomic E-state index is 0.312. The number of ether oxygens (including phenoxy) is 1. The molecule has 0 saturated carbocycles. The monoisotopic (exact) mass is 306 g/mol. The van der Waals surface area contributed by atoms with E-state index in [2.05, 4.69) is 13.5 Å². The molecule has 0 fully saturated rings. The fourth-order valence-electron chi connectivity index (χ4n) is 1.69. The lowest BCUT2D eigenvalue weighted by Gasteiger charge is -2.01. The molecular formula is C18H26O4. The third-order valence-corrected chi connectivity index (χ3v) is 2.93. The zero-order chi connectivity index (χ0) is 16.6. The maximum atomic E-state index is 10.6. The zero-order valence-electron chi connectivity index (χ0n) is 13.3. The molecule has 1 aromatic rings. The molecule has 0 atom stereocenters. The maximum Gasteiger partial charge on any atom is 0.335 e. The number of rotatable bonds is 9. The van der Waals surface area contributed by atoms with Crippen molar-refractivity contribution in [2.75, 3.05) is 6.61 Å². The summed E-state index contributed by atoms with van der Waals surface area (Å²) in [5.41, 5.74) is 0.331. The molecule has 4 heteroatoms. The summed E-state index contributed by atoms with van der Waals surface area (Å²) in [6.07, 6.45) is 8.47. The molecule has 0 amide bonds. The molecule has 0 unspecified atom stereocenters. The first-order valence-electron chi connectivity index (χ1n) is 7.69. The molecule has 0 aliphatic rings. The first-order valence-corrected chi connectivity index (χ1v) is 7.69. The highest BCUT2D eigenvalue weighted by molar-refractivity contribution is 5.87. The molecule has 22 heavy (non-hydrogen) atoms. The van der Waals surface area contributed by atoms with Gasteiger partial charge in [0.15, 0.2) is 0 Å². The van der Waals surface area contributed by atoms with Crippen LogP contribution < -0.4 is 0 Å². The number of aromatic carboxylic acids is 1. The summed E-state index contributed by atoms with van der Waals surface area (Å²) in [6, 6.07) is 8.30. The van der Waals surface area contributed by atoms with Crippen molar-refractivity contribution < 1.29 is 19.4 Å². The molecule has 1 N–H and O–H groups in total.